The minimum absolute atomic E-state index is 0.361. The van der Waals surface area contributed by atoms with E-state index in [2.05, 4.69) is 36.1 Å². The van der Waals surface area contributed by atoms with Gasteiger partial charge in [0.2, 0.25) is 0 Å². The molecule has 0 amide bonds. The summed E-state index contributed by atoms with van der Waals surface area (Å²) in [7, 11) is 0. The van der Waals surface area contributed by atoms with Gasteiger partial charge in [-0.1, -0.05) is 39.0 Å². The molecule has 1 rings (SSSR count). The number of nitrogens with two attached hydrogens (primary N) is 2. The van der Waals surface area contributed by atoms with E-state index in [1.807, 2.05) is 0 Å². The minimum atomic E-state index is 0.361. The van der Waals surface area contributed by atoms with Crippen molar-refractivity contribution < 1.29 is 0 Å². The van der Waals surface area contributed by atoms with Gasteiger partial charge in [0.05, 0.1) is 0 Å². The summed E-state index contributed by atoms with van der Waals surface area (Å²) >= 11 is 1.60. The van der Waals surface area contributed by atoms with E-state index >= 15 is 0 Å². The van der Waals surface area contributed by atoms with Crippen molar-refractivity contribution in [2.45, 2.75) is 45.2 Å². The maximum Gasteiger partial charge on any atom is 0.191 e. The molecule has 0 fully saturated rings. The third-order valence-corrected chi connectivity index (χ3v) is 4.07. The smallest absolute Gasteiger partial charge is 0.191 e. The van der Waals surface area contributed by atoms with Gasteiger partial charge in [-0.05, 0) is 18.8 Å². The van der Waals surface area contributed by atoms with Gasteiger partial charge in [-0.25, -0.2) is 9.97 Å². The fourth-order valence-corrected chi connectivity index (χ4v) is 2.20. The van der Waals surface area contributed by atoms with Crippen molar-refractivity contribution in [3.63, 3.8) is 0 Å². The normalized spacial score (nSPS) is 12.4. The molecule has 1 atom stereocenters. The van der Waals surface area contributed by atoms with Crippen molar-refractivity contribution in [1.82, 2.24) is 9.97 Å². The molecule has 0 aliphatic carbocycles. The number of rotatable bonds is 8. The highest BCUT2D eigenvalue weighted by Crippen LogP contribution is 2.25. The first-order valence-electron chi connectivity index (χ1n) is 6.88. The van der Waals surface area contributed by atoms with Crippen LogP contribution >= 0.6 is 11.8 Å². The standard InChI is InChI=1S/C13H25N5S/c1-4-8-19-13-17-11(15)10(14)12(18-13)16-7-6-9(3)5-2/h9H,4-8,14H2,1-3H3,(H3,15,16,17,18). The maximum absolute atomic E-state index is 5.91. The van der Waals surface area contributed by atoms with Crippen molar-refractivity contribution >= 4 is 29.1 Å². The fourth-order valence-electron chi connectivity index (χ4n) is 1.50. The Kier molecular flexibility index (Phi) is 6.77. The summed E-state index contributed by atoms with van der Waals surface area (Å²) < 4.78 is 0. The first-order valence-corrected chi connectivity index (χ1v) is 7.86. The topological polar surface area (TPSA) is 89.8 Å². The lowest BCUT2D eigenvalue weighted by molar-refractivity contribution is 0.531. The molecule has 1 aromatic heterocycles. The van der Waals surface area contributed by atoms with Gasteiger partial charge < -0.3 is 16.8 Å². The molecule has 0 bridgehead atoms. The molecule has 19 heavy (non-hydrogen) atoms. The highest BCUT2D eigenvalue weighted by atomic mass is 32.2. The Balaban J connectivity index is 2.67. The second kappa shape index (κ2) is 8.09. The van der Waals surface area contributed by atoms with Crippen molar-refractivity contribution in [2.24, 2.45) is 5.92 Å². The molecule has 5 nitrogen and oxygen atoms in total. The Morgan fingerprint density at radius 2 is 2.00 bits per heavy atom. The summed E-state index contributed by atoms with van der Waals surface area (Å²) in [6.07, 6.45) is 3.35. The molecule has 0 saturated heterocycles. The predicted octanol–water partition coefficient (Wildman–Crippen LogP) is 2.99. The van der Waals surface area contributed by atoms with E-state index in [1.54, 1.807) is 11.8 Å². The molecule has 0 saturated carbocycles. The Hall–Kier alpha value is -1.17. The van der Waals surface area contributed by atoms with Crippen LogP contribution in [0.1, 0.15) is 40.0 Å². The van der Waals surface area contributed by atoms with Crippen molar-refractivity contribution in [3.05, 3.63) is 0 Å². The maximum atomic E-state index is 5.91. The van der Waals surface area contributed by atoms with Crippen LogP contribution in [0.3, 0.4) is 0 Å². The molecule has 0 aliphatic rings. The highest BCUT2D eigenvalue weighted by Gasteiger charge is 2.10. The number of hydrogen-bond acceptors (Lipinski definition) is 6. The number of nitrogen functional groups attached to an aromatic ring is 2. The second-order valence-corrected chi connectivity index (χ2v) is 5.79. The molecule has 6 heteroatoms. The molecule has 0 radical (unpaired) electrons. The number of hydrogen-bond donors (Lipinski definition) is 3. The number of nitrogens with zero attached hydrogens (tertiary/aromatic N) is 2. The quantitative estimate of drug-likeness (QED) is 0.502. The van der Waals surface area contributed by atoms with Crippen molar-refractivity contribution in [2.75, 3.05) is 29.1 Å². The van der Waals surface area contributed by atoms with E-state index in [1.165, 1.54) is 6.42 Å². The lowest BCUT2D eigenvalue weighted by Crippen LogP contribution is -2.12. The lowest BCUT2D eigenvalue weighted by Gasteiger charge is -2.13. The molecule has 1 unspecified atom stereocenters. The van der Waals surface area contributed by atoms with Crippen LogP contribution in [-0.4, -0.2) is 22.3 Å². The van der Waals surface area contributed by atoms with Gasteiger partial charge in [0.25, 0.3) is 0 Å². The molecule has 0 spiro atoms. The first-order chi connectivity index (χ1) is 9.08. The monoisotopic (exact) mass is 283 g/mol. The van der Waals surface area contributed by atoms with Crippen LogP contribution in [0.25, 0.3) is 0 Å². The van der Waals surface area contributed by atoms with E-state index in [0.717, 1.165) is 25.1 Å². The zero-order valence-electron chi connectivity index (χ0n) is 12.1. The number of aromatic nitrogens is 2. The van der Waals surface area contributed by atoms with Crippen molar-refractivity contribution in [3.8, 4) is 0 Å². The summed E-state index contributed by atoms with van der Waals surface area (Å²) in [6, 6.07) is 0. The van der Waals surface area contributed by atoms with Gasteiger partial charge in [-0.2, -0.15) is 0 Å². The average molecular weight is 283 g/mol. The fraction of sp³-hybridized carbons (Fsp3) is 0.692. The van der Waals surface area contributed by atoms with Crippen LogP contribution in [0.15, 0.2) is 5.16 Å². The van der Waals surface area contributed by atoms with E-state index < -0.39 is 0 Å². The molecule has 0 aliphatic heterocycles. The molecular weight excluding hydrogens is 258 g/mol. The van der Waals surface area contributed by atoms with Crippen LogP contribution < -0.4 is 16.8 Å². The summed E-state index contributed by atoms with van der Waals surface area (Å²) in [4.78, 5) is 8.62. The van der Waals surface area contributed by atoms with Crippen LogP contribution in [-0.2, 0) is 0 Å². The SMILES string of the molecule is CCCSc1nc(N)c(N)c(NCCC(C)CC)n1. The summed E-state index contributed by atoms with van der Waals surface area (Å²) in [6.45, 7) is 7.41. The largest absolute Gasteiger partial charge is 0.393 e. The van der Waals surface area contributed by atoms with E-state index in [9.17, 15) is 0 Å². The average Bonchev–Trinajstić information content (AvgIpc) is 2.41. The predicted molar refractivity (Wildman–Crippen MR) is 84.4 cm³/mol. The van der Waals surface area contributed by atoms with Gasteiger partial charge in [0.1, 0.15) is 5.69 Å². The van der Waals surface area contributed by atoms with E-state index in [4.69, 9.17) is 11.5 Å². The summed E-state index contributed by atoms with van der Waals surface area (Å²) in [5, 5.41) is 3.96. The molecule has 1 heterocycles. The van der Waals surface area contributed by atoms with E-state index in [0.29, 0.717) is 28.4 Å². The number of nitrogens with one attached hydrogen (secondary N) is 1. The van der Waals surface area contributed by atoms with Crippen LogP contribution in [0, 0.1) is 5.92 Å². The van der Waals surface area contributed by atoms with Crippen LogP contribution in [0.5, 0.6) is 0 Å². The third-order valence-electron chi connectivity index (χ3n) is 3.02. The Labute approximate surface area is 120 Å². The van der Waals surface area contributed by atoms with Crippen LogP contribution in [0.4, 0.5) is 17.3 Å². The third kappa shape index (κ3) is 5.14. The zero-order chi connectivity index (χ0) is 14.3. The minimum Gasteiger partial charge on any atom is -0.393 e. The Morgan fingerprint density at radius 3 is 2.63 bits per heavy atom. The summed E-state index contributed by atoms with van der Waals surface area (Å²) in [5.41, 5.74) is 12.2. The van der Waals surface area contributed by atoms with Gasteiger partial charge >= 0.3 is 0 Å². The lowest BCUT2D eigenvalue weighted by atomic mass is 10.1. The molecule has 0 aromatic carbocycles. The molecule has 1 aromatic rings. The Morgan fingerprint density at radius 1 is 1.26 bits per heavy atom. The molecular formula is C13H25N5S. The van der Waals surface area contributed by atoms with Crippen LogP contribution in [0.2, 0.25) is 0 Å². The molecule has 5 N–H and O–H groups in total. The summed E-state index contributed by atoms with van der Waals surface area (Å²) in [5.74, 6) is 2.70. The first kappa shape index (κ1) is 15.9. The molecule has 108 valence electrons. The second-order valence-electron chi connectivity index (χ2n) is 4.73. The zero-order valence-corrected chi connectivity index (χ0v) is 12.9. The van der Waals surface area contributed by atoms with Gasteiger partial charge in [0, 0.05) is 12.3 Å². The van der Waals surface area contributed by atoms with Gasteiger partial charge in [0.15, 0.2) is 16.8 Å². The van der Waals surface area contributed by atoms with Gasteiger partial charge in [-0.3, -0.25) is 0 Å². The Bertz CT molecular complexity index is 397. The van der Waals surface area contributed by atoms with Crippen molar-refractivity contribution in [1.29, 1.82) is 0 Å². The highest BCUT2D eigenvalue weighted by molar-refractivity contribution is 7.99. The number of anilines is 3. The van der Waals surface area contributed by atoms with E-state index in [-0.39, 0.29) is 0 Å². The number of thioether (sulfide) groups is 1. The van der Waals surface area contributed by atoms with Gasteiger partial charge in [-0.15, -0.1) is 0 Å².